The number of fused-ring (bicyclic) bond motifs is 1. The molecule has 0 atom stereocenters. The minimum Gasteiger partial charge on any atom is -0.494 e. The maximum absolute atomic E-state index is 13.2. The van der Waals surface area contributed by atoms with Gasteiger partial charge in [-0.05, 0) is 38.0 Å². The first-order valence-corrected chi connectivity index (χ1v) is 10.1. The molecule has 0 saturated heterocycles. The maximum atomic E-state index is 13.2. The molecule has 0 unspecified atom stereocenters. The molecule has 4 rings (SSSR count). The van der Waals surface area contributed by atoms with Crippen molar-refractivity contribution in [3.05, 3.63) is 102 Å². The minimum atomic E-state index is 0.0884. The molecule has 0 radical (unpaired) electrons. The lowest BCUT2D eigenvalue weighted by molar-refractivity contribution is 0.103. The lowest BCUT2D eigenvalue weighted by Crippen LogP contribution is -2.06. The number of aryl methyl sites for hydroxylation is 1. The fourth-order valence-electron chi connectivity index (χ4n) is 3.82. The smallest absolute Gasteiger partial charge is 0.195 e. The zero-order chi connectivity index (χ0) is 20.1. The Kier molecular flexibility index (Phi) is 5.76. The van der Waals surface area contributed by atoms with Crippen molar-refractivity contribution in [3.8, 4) is 5.75 Å². The summed E-state index contributed by atoms with van der Waals surface area (Å²) in [5.74, 6) is 0.997. The summed E-state index contributed by atoms with van der Waals surface area (Å²) in [5.41, 5.74) is 3.69. The fraction of sp³-hybridized carbons (Fsp3) is 0.192. The van der Waals surface area contributed by atoms with E-state index in [0.29, 0.717) is 6.61 Å². The van der Waals surface area contributed by atoms with Gasteiger partial charge in [-0.1, -0.05) is 66.7 Å². The molecule has 3 nitrogen and oxygen atoms in total. The Morgan fingerprint density at radius 2 is 1.48 bits per heavy atom. The van der Waals surface area contributed by atoms with Gasteiger partial charge in [-0.2, -0.15) is 0 Å². The first-order chi connectivity index (χ1) is 14.3. The van der Waals surface area contributed by atoms with Crippen molar-refractivity contribution in [3.63, 3.8) is 0 Å². The molecular formula is C26H25NO2. The molecule has 0 fully saturated rings. The highest BCUT2D eigenvalue weighted by molar-refractivity contribution is 6.17. The summed E-state index contributed by atoms with van der Waals surface area (Å²) in [6, 6.07) is 27.6. The van der Waals surface area contributed by atoms with Crippen LogP contribution in [0.25, 0.3) is 10.9 Å². The van der Waals surface area contributed by atoms with Gasteiger partial charge in [0.2, 0.25) is 0 Å². The van der Waals surface area contributed by atoms with Crippen LogP contribution in [0.5, 0.6) is 5.75 Å². The quantitative estimate of drug-likeness (QED) is 0.274. The van der Waals surface area contributed by atoms with E-state index in [-0.39, 0.29) is 5.78 Å². The van der Waals surface area contributed by atoms with Crippen molar-refractivity contribution in [2.45, 2.75) is 26.3 Å². The number of aromatic nitrogens is 1. The van der Waals surface area contributed by atoms with Crippen molar-refractivity contribution in [2.24, 2.45) is 0 Å². The summed E-state index contributed by atoms with van der Waals surface area (Å²) in [6.45, 7) is 3.61. The largest absolute Gasteiger partial charge is 0.494 e. The SMILES string of the molecule is Cc1c(C(=O)c2ccccc2)c2ccccc2n1CCCCOc1ccccc1. The molecule has 0 bridgehead atoms. The summed E-state index contributed by atoms with van der Waals surface area (Å²) in [7, 11) is 0. The minimum absolute atomic E-state index is 0.0884. The highest BCUT2D eigenvalue weighted by atomic mass is 16.5. The highest BCUT2D eigenvalue weighted by Gasteiger charge is 2.20. The van der Waals surface area contributed by atoms with Gasteiger partial charge in [0.25, 0.3) is 0 Å². The summed E-state index contributed by atoms with van der Waals surface area (Å²) in [4.78, 5) is 13.2. The van der Waals surface area contributed by atoms with Gasteiger partial charge in [-0.25, -0.2) is 0 Å². The number of benzene rings is 3. The van der Waals surface area contributed by atoms with E-state index >= 15 is 0 Å². The average molecular weight is 383 g/mol. The third kappa shape index (κ3) is 4.09. The third-order valence-corrected chi connectivity index (χ3v) is 5.28. The van der Waals surface area contributed by atoms with Gasteiger partial charge in [0.15, 0.2) is 5.78 Å². The normalized spacial score (nSPS) is 10.9. The molecule has 0 spiro atoms. The maximum Gasteiger partial charge on any atom is 0.195 e. The van der Waals surface area contributed by atoms with Crippen molar-refractivity contribution >= 4 is 16.7 Å². The molecule has 0 saturated carbocycles. The Morgan fingerprint density at radius 1 is 0.828 bits per heavy atom. The van der Waals surface area contributed by atoms with Crippen LogP contribution in [0.15, 0.2) is 84.9 Å². The van der Waals surface area contributed by atoms with Crippen LogP contribution in [-0.4, -0.2) is 17.0 Å². The molecular weight excluding hydrogens is 358 g/mol. The first kappa shape index (κ1) is 19.0. The first-order valence-electron chi connectivity index (χ1n) is 10.1. The molecule has 0 aliphatic rings. The van der Waals surface area contributed by atoms with E-state index in [4.69, 9.17) is 4.74 Å². The number of ketones is 1. The average Bonchev–Trinajstić information content (AvgIpc) is 3.06. The summed E-state index contributed by atoms with van der Waals surface area (Å²) in [5, 5.41) is 1.03. The second-order valence-corrected chi connectivity index (χ2v) is 7.19. The number of ether oxygens (including phenoxy) is 1. The monoisotopic (exact) mass is 383 g/mol. The number of hydrogen-bond acceptors (Lipinski definition) is 2. The second-order valence-electron chi connectivity index (χ2n) is 7.19. The standard InChI is InChI=1S/C26H25NO2/c1-20-25(26(28)21-12-4-2-5-13-21)23-16-8-9-17-24(23)27(20)18-10-11-19-29-22-14-6-3-7-15-22/h2-9,12-17H,10-11,18-19H2,1H3. The number of para-hydroxylation sites is 2. The highest BCUT2D eigenvalue weighted by Crippen LogP contribution is 2.28. The van der Waals surface area contributed by atoms with Crippen molar-refractivity contribution in [2.75, 3.05) is 6.61 Å². The second kappa shape index (κ2) is 8.78. The van der Waals surface area contributed by atoms with Crippen LogP contribution in [-0.2, 0) is 6.54 Å². The Bertz CT molecular complexity index is 1100. The molecule has 1 aromatic heterocycles. The number of nitrogens with zero attached hydrogens (tertiary/aromatic N) is 1. The molecule has 3 aromatic carbocycles. The zero-order valence-electron chi connectivity index (χ0n) is 16.7. The molecule has 3 heteroatoms. The van der Waals surface area contributed by atoms with Gasteiger partial charge in [-0.3, -0.25) is 4.79 Å². The number of hydrogen-bond donors (Lipinski definition) is 0. The zero-order valence-corrected chi connectivity index (χ0v) is 16.7. The van der Waals surface area contributed by atoms with Gasteiger partial charge in [0, 0.05) is 28.7 Å². The van der Waals surface area contributed by atoms with Crippen molar-refractivity contribution < 1.29 is 9.53 Å². The number of rotatable bonds is 8. The molecule has 1 heterocycles. The van der Waals surface area contributed by atoms with E-state index in [9.17, 15) is 4.79 Å². The van der Waals surface area contributed by atoms with Gasteiger partial charge in [0.05, 0.1) is 12.2 Å². The number of carbonyl (C=O) groups is 1. The predicted octanol–water partition coefficient (Wildman–Crippen LogP) is 6.04. The van der Waals surface area contributed by atoms with Crippen LogP contribution in [0.1, 0.15) is 34.5 Å². The molecule has 29 heavy (non-hydrogen) atoms. The molecule has 0 amide bonds. The van der Waals surface area contributed by atoms with E-state index in [1.54, 1.807) is 0 Å². The molecule has 0 aliphatic carbocycles. The van der Waals surface area contributed by atoms with Gasteiger partial charge in [0.1, 0.15) is 5.75 Å². The topological polar surface area (TPSA) is 31.2 Å². The van der Waals surface area contributed by atoms with Gasteiger partial charge in [-0.15, -0.1) is 0 Å². The van der Waals surface area contributed by atoms with Crippen LogP contribution in [0.2, 0.25) is 0 Å². The van der Waals surface area contributed by atoms with Crippen molar-refractivity contribution in [1.82, 2.24) is 4.57 Å². The predicted molar refractivity (Wildman–Crippen MR) is 118 cm³/mol. The molecule has 4 aromatic rings. The number of unbranched alkanes of at least 4 members (excludes halogenated alkanes) is 1. The van der Waals surface area contributed by atoms with E-state index in [0.717, 1.165) is 52.9 Å². The van der Waals surface area contributed by atoms with E-state index in [2.05, 4.69) is 17.6 Å². The Hall–Kier alpha value is -3.33. The molecule has 0 N–H and O–H groups in total. The van der Waals surface area contributed by atoms with Gasteiger partial charge >= 0.3 is 0 Å². The van der Waals surface area contributed by atoms with Crippen LogP contribution >= 0.6 is 0 Å². The lowest BCUT2D eigenvalue weighted by atomic mass is 10.0. The molecule has 0 aliphatic heterocycles. The number of carbonyl (C=O) groups excluding carboxylic acids is 1. The van der Waals surface area contributed by atoms with Crippen molar-refractivity contribution in [1.29, 1.82) is 0 Å². The van der Waals surface area contributed by atoms with Gasteiger partial charge < -0.3 is 9.30 Å². The van der Waals surface area contributed by atoms with Crippen LogP contribution in [0.3, 0.4) is 0 Å². The third-order valence-electron chi connectivity index (χ3n) is 5.28. The Morgan fingerprint density at radius 3 is 2.24 bits per heavy atom. The van der Waals surface area contributed by atoms with Crippen LogP contribution in [0.4, 0.5) is 0 Å². The van der Waals surface area contributed by atoms with Crippen LogP contribution < -0.4 is 4.74 Å². The van der Waals surface area contributed by atoms with E-state index < -0.39 is 0 Å². The van der Waals surface area contributed by atoms with Crippen LogP contribution in [0, 0.1) is 6.92 Å². The summed E-state index contributed by atoms with van der Waals surface area (Å²) in [6.07, 6.45) is 1.95. The van der Waals surface area contributed by atoms with E-state index in [1.165, 1.54) is 0 Å². The Balaban J connectivity index is 1.51. The lowest BCUT2D eigenvalue weighted by Gasteiger charge is -2.10. The summed E-state index contributed by atoms with van der Waals surface area (Å²) >= 11 is 0. The molecule has 146 valence electrons. The van der Waals surface area contributed by atoms with E-state index in [1.807, 2.05) is 78.9 Å². The Labute approximate surface area is 171 Å². The summed E-state index contributed by atoms with van der Waals surface area (Å²) < 4.78 is 8.07. The fourth-order valence-corrected chi connectivity index (χ4v) is 3.82.